The molecule has 1 aromatic carbocycles. The highest BCUT2D eigenvalue weighted by Gasteiger charge is 2.25. The molecule has 21 heavy (non-hydrogen) atoms. The summed E-state index contributed by atoms with van der Waals surface area (Å²) in [5, 5.41) is 0. The first-order chi connectivity index (χ1) is 10.2. The van der Waals surface area contributed by atoms with Crippen molar-refractivity contribution in [3.63, 3.8) is 0 Å². The lowest BCUT2D eigenvalue weighted by atomic mass is 10.0. The Labute approximate surface area is 128 Å². The van der Waals surface area contributed by atoms with Crippen molar-refractivity contribution in [2.45, 2.75) is 52.2 Å². The van der Waals surface area contributed by atoms with Gasteiger partial charge in [-0.2, -0.15) is 0 Å². The average Bonchev–Trinajstić information content (AvgIpc) is 3.04. The molecule has 2 unspecified atom stereocenters. The van der Waals surface area contributed by atoms with E-state index in [-0.39, 0.29) is 11.8 Å². The number of benzene rings is 1. The van der Waals surface area contributed by atoms with E-state index in [9.17, 15) is 4.79 Å². The van der Waals surface area contributed by atoms with Crippen molar-refractivity contribution in [1.29, 1.82) is 0 Å². The summed E-state index contributed by atoms with van der Waals surface area (Å²) in [7, 11) is 0. The standard InChI is InChI=1S/C18H27NO2/c1-4-15-8-10-16(11-9-15)18(20)14(3)19(5-2)13-17-7-6-12-21-17/h8-11,14,17H,4-7,12-13H2,1-3H3. The van der Waals surface area contributed by atoms with Crippen LogP contribution in [0.15, 0.2) is 24.3 Å². The number of likely N-dealkylation sites (N-methyl/N-ethyl adjacent to an activating group) is 1. The molecule has 3 heteroatoms. The molecule has 0 aromatic heterocycles. The third-order valence-corrected chi connectivity index (χ3v) is 4.44. The van der Waals surface area contributed by atoms with E-state index in [4.69, 9.17) is 4.74 Å². The van der Waals surface area contributed by atoms with Crippen molar-refractivity contribution in [2.24, 2.45) is 0 Å². The predicted octanol–water partition coefficient (Wildman–Crippen LogP) is 3.32. The van der Waals surface area contributed by atoms with E-state index in [1.807, 2.05) is 19.1 Å². The van der Waals surface area contributed by atoms with Crippen LogP contribution < -0.4 is 0 Å². The van der Waals surface area contributed by atoms with Crippen LogP contribution in [0.2, 0.25) is 0 Å². The van der Waals surface area contributed by atoms with Crippen LogP contribution in [-0.4, -0.2) is 42.5 Å². The van der Waals surface area contributed by atoms with Crippen molar-refractivity contribution < 1.29 is 9.53 Å². The molecule has 0 radical (unpaired) electrons. The largest absolute Gasteiger partial charge is 0.377 e. The number of nitrogens with zero attached hydrogens (tertiary/aromatic N) is 1. The van der Waals surface area contributed by atoms with Crippen molar-refractivity contribution in [1.82, 2.24) is 4.90 Å². The van der Waals surface area contributed by atoms with Crippen molar-refractivity contribution in [3.05, 3.63) is 35.4 Å². The van der Waals surface area contributed by atoms with Gasteiger partial charge < -0.3 is 4.74 Å². The fourth-order valence-corrected chi connectivity index (χ4v) is 2.92. The maximum absolute atomic E-state index is 12.6. The Morgan fingerprint density at radius 2 is 2.05 bits per heavy atom. The summed E-state index contributed by atoms with van der Waals surface area (Å²) in [6.45, 7) is 8.84. The maximum Gasteiger partial charge on any atom is 0.179 e. The highest BCUT2D eigenvalue weighted by atomic mass is 16.5. The van der Waals surface area contributed by atoms with Gasteiger partial charge in [-0.15, -0.1) is 0 Å². The first-order valence-corrected chi connectivity index (χ1v) is 8.14. The second-order valence-corrected chi connectivity index (χ2v) is 5.81. The molecular weight excluding hydrogens is 262 g/mol. The predicted molar refractivity (Wildman–Crippen MR) is 85.8 cm³/mol. The number of carbonyl (C=O) groups excluding carboxylic acids is 1. The third-order valence-electron chi connectivity index (χ3n) is 4.44. The number of hydrogen-bond donors (Lipinski definition) is 0. The smallest absolute Gasteiger partial charge is 0.179 e. The number of carbonyl (C=O) groups is 1. The zero-order valence-electron chi connectivity index (χ0n) is 13.5. The average molecular weight is 289 g/mol. The number of Topliss-reactive ketones (excluding diaryl/α,β-unsaturated/α-hetero) is 1. The number of rotatable bonds is 7. The summed E-state index contributed by atoms with van der Waals surface area (Å²) in [5.74, 6) is 0.206. The molecule has 116 valence electrons. The lowest BCUT2D eigenvalue weighted by Gasteiger charge is -2.29. The van der Waals surface area contributed by atoms with Crippen molar-refractivity contribution >= 4 is 5.78 Å². The van der Waals surface area contributed by atoms with E-state index in [1.54, 1.807) is 0 Å². The molecule has 2 atom stereocenters. The van der Waals surface area contributed by atoms with E-state index in [0.717, 1.165) is 44.5 Å². The van der Waals surface area contributed by atoms with E-state index < -0.39 is 0 Å². The van der Waals surface area contributed by atoms with Gasteiger partial charge in [-0.3, -0.25) is 9.69 Å². The van der Waals surface area contributed by atoms with Gasteiger partial charge in [0, 0.05) is 18.7 Å². The van der Waals surface area contributed by atoms with Crippen LogP contribution in [0.1, 0.15) is 49.5 Å². The van der Waals surface area contributed by atoms with E-state index in [2.05, 4.69) is 30.9 Å². The van der Waals surface area contributed by atoms with Gasteiger partial charge in [-0.1, -0.05) is 38.1 Å². The van der Waals surface area contributed by atoms with Crippen LogP contribution >= 0.6 is 0 Å². The Bertz CT molecular complexity index is 449. The summed E-state index contributed by atoms with van der Waals surface area (Å²) >= 11 is 0. The molecule has 1 aromatic rings. The highest BCUT2D eigenvalue weighted by Crippen LogP contribution is 2.17. The molecule has 0 aliphatic carbocycles. The van der Waals surface area contributed by atoms with E-state index in [1.165, 1.54) is 5.56 Å². The number of ketones is 1. The molecule has 0 spiro atoms. The minimum atomic E-state index is -0.0910. The van der Waals surface area contributed by atoms with Gasteiger partial charge in [0.15, 0.2) is 5.78 Å². The molecule has 0 bridgehead atoms. The summed E-state index contributed by atoms with van der Waals surface area (Å²) in [6.07, 6.45) is 3.55. The zero-order valence-corrected chi connectivity index (χ0v) is 13.5. The fourth-order valence-electron chi connectivity index (χ4n) is 2.92. The molecule has 3 nitrogen and oxygen atoms in total. The summed E-state index contributed by atoms with van der Waals surface area (Å²) in [6, 6.07) is 7.92. The van der Waals surface area contributed by atoms with Crippen LogP contribution in [0.25, 0.3) is 0 Å². The van der Waals surface area contributed by atoms with Gasteiger partial charge in [0.25, 0.3) is 0 Å². The second kappa shape index (κ2) is 7.71. The first-order valence-electron chi connectivity index (χ1n) is 8.14. The summed E-state index contributed by atoms with van der Waals surface area (Å²) in [5.41, 5.74) is 2.08. The Kier molecular flexibility index (Phi) is 5.95. The molecule has 0 amide bonds. The van der Waals surface area contributed by atoms with Crippen LogP contribution in [0, 0.1) is 0 Å². The Morgan fingerprint density at radius 1 is 1.33 bits per heavy atom. The van der Waals surface area contributed by atoms with Crippen LogP contribution in [0.3, 0.4) is 0 Å². The molecular formula is C18H27NO2. The summed E-state index contributed by atoms with van der Waals surface area (Å²) in [4.78, 5) is 14.9. The highest BCUT2D eigenvalue weighted by molar-refractivity contribution is 5.99. The molecule has 1 aliphatic heterocycles. The van der Waals surface area contributed by atoms with Gasteiger partial charge in [0.1, 0.15) is 0 Å². The Morgan fingerprint density at radius 3 is 2.57 bits per heavy atom. The molecule has 1 heterocycles. The van der Waals surface area contributed by atoms with Gasteiger partial charge in [0.05, 0.1) is 12.1 Å². The zero-order chi connectivity index (χ0) is 15.2. The molecule has 0 saturated carbocycles. The lowest BCUT2D eigenvalue weighted by molar-refractivity contribution is 0.0552. The lowest BCUT2D eigenvalue weighted by Crippen LogP contribution is -2.43. The van der Waals surface area contributed by atoms with E-state index in [0.29, 0.717) is 6.10 Å². The van der Waals surface area contributed by atoms with Crippen LogP contribution in [0.5, 0.6) is 0 Å². The van der Waals surface area contributed by atoms with Crippen LogP contribution in [0.4, 0.5) is 0 Å². The fraction of sp³-hybridized carbons (Fsp3) is 0.611. The molecule has 1 fully saturated rings. The summed E-state index contributed by atoms with van der Waals surface area (Å²) < 4.78 is 5.70. The molecule has 0 N–H and O–H groups in total. The van der Waals surface area contributed by atoms with Crippen molar-refractivity contribution in [3.8, 4) is 0 Å². The molecule has 1 saturated heterocycles. The topological polar surface area (TPSA) is 29.5 Å². The first kappa shape index (κ1) is 16.2. The minimum absolute atomic E-state index is 0.0910. The Hall–Kier alpha value is -1.19. The second-order valence-electron chi connectivity index (χ2n) is 5.81. The molecule has 2 rings (SSSR count). The minimum Gasteiger partial charge on any atom is -0.377 e. The third kappa shape index (κ3) is 4.14. The van der Waals surface area contributed by atoms with Crippen LogP contribution in [-0.2, 0) is 11.2 Å². The molecule has 1 aliphatic rings. The SMILES string of the molecule is CCc1ccc(C(=O)C(C)N(CC)CC2CCCO2)cc1. The van der Waals surface area contributed by atoms with Gasteiger partial charge >= 0.3 is 0 Å². The van der Waals surface area contributed by atoms with Crippen molar-refractivity contribution in [2.75, 3.05) is 19.7 Å². The van der Waals surface area contributed by atoms with E-state index >= 15 is 0 Å². The number of aryl methyl sites for hydroxylation is 1. The Balaban J connectivity index is 2.00. The van der Waals surface area contributed by atoms with Gasteiger partial charge in [0.2, 0.25) is 0 Å². The van der Waals surface area contributed by atoms with Gasteiger partial charge in [-0.25, -0.2) is 0 Å². The number of hydrogen-bond acceptors (Lipinski definition) is 3. The normalized spacial score (nSPS) is 19.9. The number of ether oxygens (including phenoxy) is 1. The monoisotopic (exact) mass is 289 g/mol. The van der Waals surface area contributed by atoms with Gasteiger partial charge in [-0.05, 0) is 38.3 Å². The maximum atomic E-state index is 12.6. The quantitative estimate of drug-likeness (QED) is 0.721.